The van der Waals surface area contributed by atoms with Gasteiger partial charge >= 0.3 is 0 Å². The summed E-state index contributed by atoms with van der Waals surface area (Å²) in [6.45, 7) is 7.44. The van der Waals surface area contributed by atoms with Crippen LogP contribution in [0, 0.1) is 0 Å². The number of piperidine rings is 2. The van der Waals surface area contributed by atoms with E-state index in [9.17, 15) is 14.7 Å². The van der Waals surface area contributed by atoms with E-state index in [1.165, 1.54) is 36.9 Å². The molecule has 3 heterocycles. The molecule has 0 aliphatic carbocycles. The lowest BCUT2D eigenvalue weighted by Gasteiger charge is -2.38. The summed E-state index contributed by atoms with van der Waals surface area (Å²) in [4.78, 5) is 35.0. The molecule has 2 aliphatic rings. The molecule has 5 rings (SSSR count). The number of amides is 1. The van der Waals surface area contributed by atoms with Crippen LogP contribution in [0.4, 0.5) is 5.69 Å². The highest BCUT2D eigenvalue weighted by molar-refractivity contribution is 5.81. The molecule has 0 radical (unpaired) electrons. The number of likely N-dealkylation sites (tertiary alicyclic amines) is 2. The molecule has 0 saturated carbocycles. The fraction of sp³-hybridized carbons (Fsp3) is 0.516. The summed E-state index contributed by atoms with van der Waals surface area (Å²) in [6.07, 6.45) is 6.76. The van der Waals surface area contributed by atoms with E-state index < -0.39 is 5.60 Å². The smallest absolute Gasteiger partial charge is 0.261 e. The predicted molar refractivity (Wildman–Crippen MR) is 155 cm³/mol. The van der Waals surface area contributed by atoms with Gasteiger partial charge in [0.25, 0.3) is 5.56 Å². The maximum atomic E-state index is 13.2. The van der Waals surface area contributed by atoms with Gasteiger partial charge in [-0.3, -0.25) is 14.2 Å². The fourth-order valence-electron chi connectivity index (χ4n) is 5.86. The van der Waals surface area contributed by atoms with Crippen molar-refractivity contribution in [1.29, 1.82) is 0 Å². The number of nitrogens with zero attached hydrogens (tertiary/aromatic N) is 4. The molecule has 2 saturated heterocycles. The Labute approximate surface area is 230 Å². The number of aromatic nitrogens is 2. The van der Waals surface area contributed by atoms with Crippen LogP contribution < -0.4 is 10.9 Å². The van der Waals surface area contributed by atoms with Gasteiger partial charge in [-0.25, -0.2) is 4.98 Å². The summed E-state index contributed by atoms with van der Waals surface area (Å²) in [5, 5.41) is 15.3. The Balaban J connectivity index is 1.15. The monoisotopic (exact) mass is 531 g/mol. The number of hydrogen-bond acceptors (Lipinski definition) is 6. The first-order valence-electron chi connectivity index (χ1n) is 14.4. The number of carbonyl (C=O) groups excluding carboxylic acids is 1. The molecule has 2 fully saturated rings. The molecule has 1 atom stereocenters. The van der Waals surface area contributed by atoms with Gasteiger partial charge in [0, 0.05) is 38.3 Å². The van der Waals surface area contributed by atoms with Crippen molar-refractivity contribution in [2.45, 2.75) is 63.5 Å². The van der Waals surface area contributed by atoms with Crippen molar-refractivity contribution in [3.63, 3.8) is 0 Å². The lowest BCUT2D eigenvalue weighted by Crippen LogP contribution is -2.49. The van der Waals surface area contributed by atoms with Gasteiger partial charge in [-0.1, -0.05) is 43.7 Å². The first-order chi connectivity index (χ1) is 18.9. The van der Waals surface area contributed by atoms with E-state index in [-0.39, 0.29) is 23.9 Å². The summed E-state index contributed by atoms with van der Waals surface area (Å²) >= 11 is 0. The summed E-state index contributed by atoms with van der Waals surface area (Å²) in [6, 6.07) is 15.7. The molecule has 39 heavy (non-hydrogen) atoms. The molecule has 8 heteroatoms. The molecule has 3 aromatic rings. The number of carbonyl (C=O) groups is 1. The topological polar surface area (TPSA) is 90.7 Å². The van der Waals surface area contributed by atoms with Crippen LogP contribution in [0.3, 0.4) is 0 Å². The summed E-state index contributed by atoms with van der Waals surface area (Å²) in [7, 11) is 0. The maximum Gasteiger partial charge on any atom is 0.261 e. The van der Waals surface area contributed by atoms with Crippen molar-refractivity contribution in [2.24, 2.45) is 0 Å². The molecule has 2 aliphatic heterocycles. The number of aliphatic hydroxyl groups is 1. The third kappa shape index (κ3) is 6.86. The Hall–Kier alpha value is -3.23. The number of hydrogen-bond donors (Lipinski definition) is 2. The van der Waals surface area contributed by atoms with Gasteiger partial charge in [-0.15, -0.1) is 0 Å². The molecular formula is C31H41N5O3. The standard InChI is InChI=1S/C31H41N5O3/c1-24(25-8-4-2-5-9-25)20-29(37)35-17-12-31(39,13-18-35)22-36-23-33-28-21-26(10-11-27(28)30(36)38)32-14-19-34-15-6-3-7-16-34/h2,4-5,8-11,21,23-24,32,39H,3,6-7,12-20,22H2,1H3. The fourth-order valence-corrected chi connectivity index (χ4v) is 5.86. The highest BCUT2D eigenvalue weighted by atomic mass is 16.3. The second-order valence-electron chi connectivity index (χ2n) is 11.4. The van der Waals surface area contributed by atoms with E-state index in [1.54, 1.807) is 6.33 Å². The number of benzene rings is 2. The first-order valence-corrected chi connectivity index (χ1v) is 14.4. The molecule has 2 N–H and O–H groups in total. The van der Waals surface area contributed by atoms with Crippen LogP contribution in [0.15, 0.2) is 59.7 Å². The second-order valence-corrected chi connectivity index (χ2v) is 11.4. The average Bonchev–Trinajstić information content (AvgIpc) is 2.96. The van der Waals surface area contributed by atoms with Crippen LogP contribution in [0.2, 0.25) is 0 Å². The minimum absolute atomic E-state index is 0.110. The van der Waals surface area contributed by atoms with Crippen LogP contribution in [-0.4, -0.2) is 75.2 Å². The van der Waals surface area contributed by atoms with Gasteiger partial charge in [0.2, 0.25) is 5.91 Å². The van der Waals surface area contributed by atoms with E-state index in [0.717, 1.165) is 24.3 Å². The minimum atomic E-state index is -1.04. The van der Waals surface area contributed by atoms with E-state index in [1.807, 2.05) is 41.3 Å². The zero-order chi connectivity index (χ0) is 27.2. The molecular weight excluding hydrogens is 490 g/mol. The average molecular weight is 532 g/mol. The first kappa shape index (κ1) is 27.3. The Kier molecular flexibility index (Phi) is 8.63. The molecule has 208 valence electrons. The predicted octanol–water partition coefficient (Wildman–Crippen LogP) is 3.84. The lowest BCUT2D eigenvalue weighted by molar-refractivity contribution is -0.136. The highest BCUT2D eigenvalue weighted by Gasteiger charge is 2.35. The summed E-state index contributed by atoms with van der Waals surface area (Å²) < 4.78 is 1.51. The Morgan fingerprint density at radius 2 is 1.79 bits per heavy atom. The number of fused-ring (bicyclic) bond motifs is 1. The molecule has 0 bridgehead atoms. The molecule has 0 spiro atoms. The number of anilines is 1. The zero-order valence-electron chi connectivity index (χ0n) is 23.0. The second kappa shape index (κ2) is 12.3. The largest absolute Gasteiger partial charge is 0.388 e. The Morgan fingerprint density at radius 3 is 2.54 bits per heavy atom. The maximum absolute atomic E-state index is 13.2. The minimum Gasteiger partial charge on any atom is -0.388 e. The van der Waals surface area contributed by atoms with Crippen LogP contribution in [-0.2, 0) is 11.3 Å². The van der Waals surface area contributed by atoms with E-state index in [2.05, 4.69) is 34.3 Å². The third-order valence-corrected chi connectivity index (χ3v) is 8.39. The SMILES string of the molecule is CC(CC(=O)N1CCC(O)(Cn2cnc3cc(NCCN4CCCCC4)ccc3c2=O)CC1)c1ccccc1. The molecule has 2 aromatic carbocycles. The molecule has 1 unspecified atom stereocenters. The van der Waals surface area contributed by atoms with Crippen molar-refractivity contribution in [2.75, 3.05) is 44.6 Å². The molecule has 1 aromatic heterocycles. The quantitative estimate of drug-likeness (QED) is 0.436. The number of rotatable bonds is 9. The van der Waals surface area contributed by atoms with Gasteiger partial charge in [0.05, 0.1) is 29.4 Å². The van der Waals surface area contributed by atoms with Crippen molar-refractivity contribution in [3.8, 4) is 0 Å². The van der Waals surface area contributed by atoms with Crippen molar-refractivity contribution >= 4 is 22.5 Å². The normalized spacial score (nSPS) is 18.7. The van der Waals surface area contributed by atoms with E-state index >= 15 is 0 Å². The van der Waals surface area contributed by atoms with Crippen LogP contribution in [0.25, 0.3) is 10.9 Å². The van der Waals surface area contributed by atoms with Crippen molar-refractivity contribution in [3.05, 3.63) is 70.8 Å². The molecule has 1 amide bonds. The van der Waals surface area contributed by atoms with Gasteiger partial charge < -0.3 is 20.2 Å². The van der Waals surface area contributed by atoms with E-state index in [0.29, 0.717) is 43.3 Å². The van der Waals surface area contributed by atoms with Crippen LogP contribution in [0.1, 0.15) is 56.9 Å². The van der Waals surface area contributed by atoms with E-state index in [4.69, 9.17) is 0 Å². The summed E-state index contributed by atoms with van der Waals surface area (Å²) in [5.74, 6) is 0.255. The zero-order valence-corrected chi connectivity index (χ0v) is 23.0. The van der Waals surface area contributed by atoms with Gasteiger partial charge in [0.15, 0.2) is 0 Å². The number of nitrogens with one attached hydrogen (secondary N) is 1. The highest BCUT2D eigenvalue weighted by Crippen LogP contribution is 2.26. The third-order valence-electron chi connectivity index (χ3n) is 8.39. The van der Waals surface area contributed by atoms with Gasteiger partial charge in [-0.2, -0.15) is 0 Å². The van der Waals surface area contributed by atoms with Crippen molar-refractivity contribution < 1.29 is 9.90 Å². The Morgan fingerprint density at radius 1 is 1.05 bits per heavy atom. The van der Waals surface area contributed by atoms with Crippen LogP contribution in [0.5, 0.6) is 0 Å². The van der Waals surface area contributed by atoms with Gasteiger partial charge in [-0.05, 0) is 68.5 Å². The molecule has 8 nitrogen and oxygen atoms in total. The Bertz CT molecular complexity index is 1310. The van der Waals surface area contributed by atoms with Crippen molar-refractivity contribution in [1.82, 2.24) is 19.4 Å². The van der Waals surface area contributed by atoms with Crippen LogP contribution >= 0.6 is 0 Å². The summed E-state index contributed by atoms with van der Waals surface area (Å²) in [5.41, 5.74) is 1.57. The van der Waals surface area contributed by atoms with Gasteiger partial charge in [0.1, 0.15) is 0 Å². The lowest BCUT2D eigenvalue weighted by atomic mass is 9.90.